The highest BCUT2D eigenvalue weighted by molar-refractivity contribution is 5.95. The molecular formula is C26H25N3O2. The van der Waals surface area contributed by atoms with E-state index in [9.17, 15) is 9.90 Å². The van der Waals surface area contributed by atoms with Gasteiger partial charge >= 0.3 is 5.97 Å². The molecule has 31 heavy (non-hydrogen) atoms. The molecule has 0 aliphatic rings. The van der Waals surface area contributed by atoms with Gasteiger partial charge in [0.25, 0.3) is 0 Å². The molecule has 0 aliphatic carbocycles. The molecule has 0 amide bonds. The predicted octanol–water partition coefficient (Wildman–Crippen LogP) is 5.70. The van der Waals surface area contributed by atoms with Gasteiger partial charge in [-0.2, -0.15) is 5.10 Å². The minimum absolute atomic E-state index is 0.306. The van der Waals surface area contributed by atoms with Crippen LogP contribution in [-0.2, 0) is 13.0 Å². The minimum Gasteiger partial charge on any atom is -0.478 e. The van der Waals surface area contributed by atoms with Crippen LogP contribution in [0.1, 0.15) is 41.5 Å². The van der Waals surface area contributed by atoms with Gasteiger partial charge in [-0.25, -0.2) is 14.5 Å². The maximum atomic E-state index is 11.5. The maximum absolute atomic E-state index is 11.5. The normalized spacial score (nSPS) is 10.9. The number of rotatable bonds is 8. The Labute approximate surface area is 182 Å². The molecule has 1 aromatic heterocycles. The zero-order valence-corrected chi connectivity index (χ0v) is 17.5. The Morgan fingerprint density at radius 2 is 1.61 bits per heavy atom. The van der Waals surface area contributed by atoms with E-state index in [4.69, 9.17) is 10.1 Å². The van der Waals surface area contributed by atoms with Crippen LogP contribution in [0.5, 0.6) is 0 Å². The van der Waals surface area contributed by atoms with Gasteiger partial charge in [-0.05, 0) is 29.2 Å². The van der Waals surface area contributed by atoms with E-state index in [1.165, 1.54) is 0 Å². The van der Waals surface area contributed by atoms with Gasteiger partial charge in [0.15, 0.2) is 5.82 Å². The summed E-state index contributed by atoms with van der Waals surface area (Å²) >= 11 is 0. The number of carboxylic acids is 1. The van der Waals surface area contributed by atoms with E-state index < -0.39 is 5.97 Å². The standard InChI is InChI=1S/C26H25N3O2/c1-2-3-13-24-27-25(21-9-5-4-6-10-21)28-29(24)18-19-14-16-20(17-15-19)22-11-7-8-12-23(22)26(30)31/h4-12,14-17H,2-3,13,18H2,1H3,(H,30,31). The number of unbranched alkanes of at least 4 members (excludes halogenated alkanes) is 1. The molecule has 0 unspecified atom stereocenters. The number of nitrogens with zero attached hydrogens (tertiary/aromatic N) is 3. The number of aryl methyl sites for hydroxylation is 1. The molecule has 0 saturated carbocycles. The van der Waals surface area contributed by atoms with Gasteiger partial charge in [0.2, 0.25) is 0 Å². The van der Waals surface area contributed by atoms with Gasteiger partial charge in [-0.1, -0.05) is 86.1 Å². The van der Waals surface area contributed by atoms with Crippen molar-refractivity contribution in [3.8, 4) is 22.5 Å². The predicted molar refractivity (Wildman–Crippen MR) is 122 cm³/mol. The van der Waals surface area contributed by atoms with Crippen molar-refractivity contribution in [3.63, 3.8) is 0 Å². The molecule has 1 N–H and O–H groups in total. The zero-order valence-electron chi connectivity index (χ0n) is 17.5. The van der Waals surface area contributed by atoms with Gasteiger partial charge in [-0.15, -0.1) is 0 Å². The molecule has 0 radical (unpaired) electrons. The topological polar surface area (TPSA) is 68.0 Å². The molecule has 0 saturated heterocycles. The van der Waals surface area contributed by atoms with Crippen LogP contribution in [0, 0.1) is 0 Å². The Balaban J connectivity index is 1.60. The van der Waals surface area contributed by atoms with Crippen molar-refractivity contribution in [2.75, 3.05) is 0 Å². The van der Waals surface area contributed by atoms with Crippen molar-refractivity contribution in [2.24, 2.45) is 0 Å². The van der Waals surface area contributed by atoms with Gasteiger partial charge in [0.1, 0.15) is 5.82 Å². The second-order valence-corrected chi connectivity index (χ2v) is 7.53. The van der Waals surface area contributed by atoms with E-state index in [1.807, 2.05) is 71.4 Å². The van der Waals surface area contributed by atoms with Crippen LogP contribution < -0.4 is 0 Å². The van der Waals surface area contributed by atoms with E-state index in [2.05, 4.69) is 6.92 Å². The van der Waals surface area contributed by atoms with Gasteiger partial charge in [-0.3, -0.25) is 0 Å². The summed E-state index contributed by atoms with van der Waals surface area (Å²) in [4.78, 5) is 16.3. The summed E-state index contributed by atoms with van der Waals surface area (Å²) in [6.07, 6.45) is 3.06. The Hall–Kier alpha value is -3.73. The SMILES string of the molecule is CCCCc1nc(-c2ccccc2)nn1Cc1ccc(-c2ccccc2C(=O)O)cc1. The third-order valence-corrected chi connectivity index (χ3v) is 5.29. The quantitative estimate of drug-likeness (QED) is 0.404. The van der Waals surface area contributed by atoms with E-state index >= 15 is 0 Å². The van der Waals surface area contributed by atoms with Crippen molar-refractivity contribution in [1.82, 2.24) is 14.8 Å². The molecule has 0 aliphatic heterocycles. The Morgan fingerprint density at radius 3 is 2.32 bits per heavy atom. The molecule has 4 aromatic rings. The summed E-state index contributed by atoms with van der Waals surface area (Å²) in [5, 5.41) is 14.2. The zero-order chi connectivity index (χ0) is 21.6. The lowest BCUT2D eigenvalue weighted by Crippen LogP contribution is -2.07. The average molecular weight is 412 g/mol. The van der Waals surface area contributed by atoms with Crippen LogP contribution in [0.4, 0.5) is 0 Å². The van der Waals surface area contributed by atoms with Crippen LogP contribution in [-0.4, -0.2) is 25.8 Å². The number of aromatic carboxylic acids is 1. The van der Waals surface area contributed by atoms with Crippen LogP contribution in [0.15, 0.2) is 78.9 Å². The van der Waals surface area contributed by atoms with E-state index in [-0.39, 0.29) is 0 Å². The molecule has 0 atom stereocenters. The van der Waals surface area contributed by atoms with Crippen molar-refractivity contribution in [2.45, 2.75) is 32.7 Å². The third-order valence-electron chi connectivity index (χ3n) is 5.29. The molecule has 0 bridgehead atoms. The fourth-order valence-corrected chi connectivity index (χ4v) is 3.61. The molecule has 4 rings (SSSR count). The fraction of sp³-hybridized carbons (Fsp3) is 0.192. The van der Waals surface area contributed by atoms with Crippen LogP contribution >= 0.6 is 0 Å². The number of aromatic nitrogens is 3. The van der Waals surface area contributed by atoms with Crippen molar-refractivity contribution >= 4 is 5.97 Å². The van der Waals surface area contributed by atoms with E-state index in [0.717, 1.165) is 53.2 Å². The van der Waals surface area contributed by atoms with E-state index in [0.29, 0.717) is 12.1 Å². The van der Waals surface area contributed by atoms with Gasteiger partial charge in [0.05, 0.1) is 12.1 Å². The average Bonchev–Trinajstić information content (AvgIpc) is 3.21. The first-order valence-corrected chi connectivity index (χ1v) is 10.6. The first-order valence-electron chi connectivity index (χ1n) is 10.6. The largest absolute Gasteiger partial charge is 0.478 e. The number of benzene rings is 3. The Morgan fingerprint density at radius 1 is 0.903 bits per heavy atom. The Kier molecular flexibility index (Phi) is 6.22. The highest BCUT2D eigenvalue weighted by Gasteiger charge is 2.13. The molecule has 1 heterocycles. The number of hydrogen-bond donors (Lipinski definition) is 1. The summed E-state index contributed by atoms with van der Waals surface area (Å²) in [6.45, 7) is 2.80. The summed E-state index contributed by atoms with van der Waals surface area (Å²) in [5.41, 5.74) is 4.02. The fourth-order valence-electron chi connectivity index (χ4n) is 3.61. The van der Waals surface area contributed by atoms with E-state index in [1.54, 1.807) is 12.1 Å². The van der Waals surface area contributed by atoms with Gasteiger partial charge < -0.3 is 5.11 Å². The minimum atomic E-state index is -0.920. The monoisotopic (exact) mass is 411 g/mol. The Bertz CT molecular complexity index is 1160. The summed E-state index contributed by atoms with van der Waals surface area (Å²) in [6, 6.07) is 25.1. The number of carboxylic acid groups (broad SMARTS) is 1. The smallest absolute Gasteiger partial charge is 0.336 e. The number of hydrogen-bond acceptors (Lipinski definition) is 3. The molecule has 0 fully saturated rings. The second kappa shape index (κ2) is 9.39. The summed E-state index contributed by atoms with van der Waals surface area (Å²) < 4.78 is 1.98. The molecule has 3 aromatic carbocycles. The maximum Gasteiger partial charge on any atom is 0.336 e. The lowest BCUT2D eigenvalue weighted by molar-refractivity contribution is 0.0697. The highest BCUT2D eigenvalue weighted by atomic mass is 16.4. The van der Waals surface area contributed by atoms with Crippen molar-refractivity contribution in [1.29, 1.82) is 0 Å². The first-order chi connectivity index (χ1) is 15.2. The van der Waals surface area contributed by atoms with Crippen LogP contribution in [0.25, 0.3) is 22.5 Å². The molecule has 5 heteroatoms. The number of carbonyl (C=O) groups is 1. The van der Waals surface area contributed by atoms with Gasteiger partial charge in [0, 0.05) is 12.0 Å². The highest BCUT2D eigenvalue weighted by Crippen LogP contribution is 2.25. The van der Waals surface area contributed by atoms with Crippen molar-refractivity contribution < 1.29 is 9.90 Å². The van der Waals surface area contributed by atoms with Crippen LogP contribution in [0.3, 0.4) is 0 Å². The van der Waals surface area contributed by atoms with Crippen molar-refractivity contribution in [3.05, 3.63) is 95.8 Å². The molecule has 5 nitrogen and oxygen atoms in total. The molecule has 156 valence electrons. The summed E-state index contributed by atoms with van der Waals surface area (Å²) in [7, 11) is 0. The second-order valence-electron chi connectivity index (χ2n) is 7.53. The third kappa shape index (κ3) is 4.72. The first kappa shape index (κ1) is 20.5. The summed E-state index contributed by atoms with van der Waals surface area (Å²) in [5.74, 6) is 0.816. The lowest BCUT2D eigenvalue weighted by Gasteiger charge is -2.09. The molecular weight excluding hydrogens is 386 g/mol. The lowest BCUT2D eigenvalue weighted by atomic mass is 9.99. The van der Waals surface area contributed by atoms with Crippen LogP contribution in [0.2, 0.25) is 0 Å². The molecule has 0 spiro atoms.